The second kappa shape index (κ2) is 12.3. The van der Waals surface area contributed by atoms with Crippen molar-refractivity contribution in [3.05, 3.63) is 23.9 Å². The largest absolute Gasteiger partial charge is 0.375 e. The molecule has 1 saturated heterocycles. The molecular weight excluding hydrogens is 429 g/mol. The molecule has 0 radical (unpaired) electrons. The Morgan fingerprint density at radius 1 is 1.40 bits per heavy atom. The van der Waals surface area contributed by atoms with Gasteiger partial charge in [-0.3, -0.25) is 4.99 Å². The van der Waals surface area contributed by atoms with E-state index in [2.05, 4.69) is 45.4 Å². The molecule has 1 unspecified atom stereocenters. The van der Waals surface area contributed by atoms with Crippen LogP contribution in [0.5, 0.6) is 0 Å². The monoisotopic (exact) mass is 461 g/mol. The van der Waals surface area contributed by atoms with Gasteiger partial charge in [0.25, 0.3) is 0 Å². The van der Waals surface area contributed by atoms with Crippen molar-refractivity contribution >= 4 is 35.8 Å². The van der Waals surface area contributed by atoms with Crippen LogP contribution in [0.15, 0.2) is 23.3 Å². The number of ether oxygens (including phenoxy) is 1. The van der Waals surface area contributed by atoms with E-state index in [0.29, 0.717) is 0 Å². The minimum absolute atomic E-state index is 0. The van der Waals surface area contributed by atoms with Gasteiger partial charge in [-0.1, -0.05) is 19.8 Å². The van der Waals surface area contributed by atoms with Crippen LogP contribution in [-0.4, -0.2) is 50.3 Å². The van der Waals surface area contributed by atoms with Gasteiger partial charge in [-0.2, -0.15) is 0 Å². The molecule has 25 heavy (non-hydrogen) atoms. The van der Waals surface area contributed by atoms with Crippen LogP contribution in [0.25, 0.3) is 0 Å². The van der Waals surface area contributed by atoms with E-state index >= 15 is 0 Å². The van der Waals surface area contributed by atoms with Gasteiger partial charge in [0.1, 0.15) is 5.82 Å². The molecule has 0 amide bonds. The predicted molar refractivity (Wildman–Crippen MR) is 115 cm³/mol. The molecule has 1 fully saturated rings. The van der Waals surface area contributed by atoms with Gasteiger partial charge >= 0.3 is 0 Å². The van der Waals surface area contributed by atoms with Gasteiger partial charge < -0.3 is 20.3 Å². The van der Waals surface area contributed by atoms with Gasteiger partial charge in [-0.05, 0) is 31.0 Å². The number of unbranched alkanes of at least 4 members (excludes halogenated alkanes) is 2. The molecule has 7 heteroatoms. The Balaban J connectivity index is 0.00000312. The molecule has 6 nitrogen and oxygen atoms in total. The van der Waals surface area contributed by atoms with Crippen LogP contribution in [0.4, 0.5) is 5.82 Å². The normalized spacial score (nSPS) is 17.8. The fourth-order valence-electron chi connectivity index (χ4n) is 2.76. The summed E-state index contributed by atoms with van der Waals surface area (Å²) < 4.78 is 5.60. The second-order valence-corrected chi connectivity index (χ2v) is 6.21. The van der Waals surface area contributed by atoms with Crippen molar-refractivity contribution in [2.75, 3.05) is 38.2 Å². The molecule has 1 aromatic rings. The molecule has 1 atom stereocenters. The number of morpholine rings is 1. The Kier molecular flexibility index (Phi) is 10.8. The number of nitrogens with zero attached hydrogens (tertiary/aromatic N) is 3. The minimum atomic E-state index is 0. The van der Waals surface area contributed by atoms with Crippen molar-refractivity contribution in [1.29, 1.82) is 0 Å². The predicted octanol–water partition coefficient (Wildman–Crippen LogP) is 2.78. The van der Waals surface area contributed by atoms with Gasteiger partial charge in [-0.15, -0.1) is 24.0 Å². The van der Waals surface area contributed by atoms with Crippen molar-refractivity contribution in [2.24, 2.45) is 4.99 Å². The van der Waals surface area contributed by atoms with Crippen LogP contribution < -0.4 is 15.5 Å². The van der Waals surface area contributed by atoms with Crippen LogP contribution in [-0.2, 0) is 11.3 Å². The van der Waals surface area contributed by atoms with Crippen molar-refractivity contribution < 1.29 is 4.74 Å². The van der Waals surface area contributed by atoms with Crippen LogP contribution in [0.1, 0.15) is 38.7 Å². The number of rotatable bonds is 7. The average Bonchev–Trinajstić information content (AvgIpc) is 2.61. The van der Waals surface area contributed by atoms with E-state index in [9.17, 15) is 0 Å². The van der Waals surface area contributed by atoms with E-state index in [-0.39, 0.29) is 30.1 Å². The van der Waals surface area contributed by atoms with E-state index in [0.717, 1.165) is 44.6 Å². The van der Waals surface area contributed by atoms with E-state index in [1.54, 1.807) is 0 Å². The lowest BCUT2D eigenvalue weighted by molar-refractivity contribution is 0.0529. The number of halogens is 1. The summed E-state index contributed by atoms with van der Waals surface area (Å²) in [5.74, 6) is 1.87. The number of guanidine groups is 1. The number of anilines is 1. The molecule has 1 aliphatic heterocycles. The molecule has 0 aliphatic carbocycles. The highest BCUT2D eigenvalue weighted by atomic mass is 127. The fourth-order valence-corrected chi connectivity index (χ4v) is 2.76. The molecule has 1 aliphatic rings. The Morgan fingerprint density at radius 3 is 2.96 bits per heavy atom. The van der Waals surface area contributed by atoms with E-state index in [4.69, 9.17) is 4.74 Å². The van der Waals surface area contributed by atoms with Crippen molar-refractivity contribution in [3.63, 3.8) is 0 Å². The number of hydrogen-bond donors (Lipinski definition) is 2. The molecule has 1 aromatic heterocycles. The van der Waals surface area contributed by atoms with Gasteiger partial charge in [0.15, 0.2) is 5.96 Å². The number of aromatic nitrogens is 1. The van der Waals surface area contributed by atoms with Crippen LogP contribution in [0.3, 0.4) is 0 Å². The lowest BCUT2D eigenvalue weighted by Gasteiger charge is -2.32. The third-order valence-corrected chi connectivity index (χ3v) is 4.13. The van der Waals surface area contributed by atoms with Crippen LogP contribution in [0.2, 0.25) is 0 Å². The topological polar surface area (TPSA) is 61.8 Å². The second-order valence-electron chi connectivity index (χ2n) is 6.21. The molecule has 0 saturated carbocycles. The zero-order chi connectivity index (χ0) is 17.2. The Bertz CT molecular complexity index is 526. The zero-order valence-electron chi connectivity index (χ0n) is 15.6. The number of nitrogens with one attached hydrogen (secondary N) is 2. The first kappa shape index (κ1) is 22.0. The molecule has 2 N–H and O–H groups in total. The highest BCUT2D eigenvalue weighted by molar-refractivity contribution is 14.0. The average molecular weight is 461 g/mol. The SMILES string of the molecule is CCCCCNC(=NC)NCc1ccnc(N2CCOC(C)C2)c1.I. The first-order valence-corrected chi connectivity index (χ1v) is 8.99. The van der Waals surface area contributed by atoms with Crippen molar-refractivity contribution in [1.82, 2.24) is 15.6 Å². The summed E-state index contributed by atoms with van der Waals surface area (Å²) in [6, 6.07) is 4.19. The standard InChI is InChI=1S/C18H31N5O.HI/c1-4-5-6-8-21-18(19-3)22-13-16-7-9-20-17(12-16)23-10-11-24-15(2)14-23;/h7,9,12,15H,4-6,8,10-11,13-14H2,1-3H3,(H2,19,21,22);1H. The lowest BCUT2D eigenvalue weighted by Crippen LogP contribution is -2.41. The maximum Gasteiger partial charge on any atom is 0.191 e. The quantitative estimate of drug-likeness (QED) is 0.283. The fraction of sp³-hybridized carbons (Fsp3) is 0.667. The number of hydrogen-bond acceptors (Lipinski definition) is 4. The van der Waals surface area contributed by atoms with Crippen LogP contribution in [0, 0.1) is 0 Å². The van der Waals surface area contributed by atoms with Gasteiger partial charge in [-0.25, -0.2) is 4.98 Å². The van der Waals surface area contributed by atoms with Crippen molar-refractivity contribution in [3.8, 4) is 0 Å². The third kappa shape index (κ3) is 7.77. The van der Waals surface area contributed by atoms with Crippen LogP contribution >= 0.6 is 24.0 Å². The smallest absolute Gasteiger partial charge is 0.191 e. The van der Waals surface area contributed by atoms with Gasteiger partial charge in [0.05, 0.1) is 12.7 Å². The molecule has 0 bridgehead atoms. The summed E-state index contributed by atoms with van der Waals surface area (Å²) in [6.45, 7) is 8.57. The highest BCUT2D eigenvalue weighted by Crippen LogP contribution is 2.16. The van der Waals surface area contributed by atoms with E-state index in [1.165, 1.54) is 24.8 Å². The summed E-state index contributed by atoms with van der Waals surface area (Å²) in [5, 5.41) is 6.72. The summed E-state index contributed by atoms with van der Waals surface area (Å²) in [5.41, 5.74) is 1.20. The van der Waals surface area contributed by atoms with Gasteiger partial charge in [0.2, 0.25) is 0 Å². The summed E-state index contributed by atoms with van der Waals surface area (Å²) in [4.78, 5) is 11.1. The Hall–Kier alpha value is -1.09. The molecule has 2 heterocycles. The molecule has 142 valence electrons. The Morgan fingerprint density at radius 2 is 2.24 bits per heavy atom. The number of pyridine rings is 1. The third-order valence-electron chi connectivity index (χ3n) is 4.13. The summed E-state index contributed by atoms with van der Waals surface area (Å²) >= 11 is 0. The van der Waals surface area contributed by atoms with E-state index < -0.39 is 0 Å². The maximum atomic E-state index is 5.60. The first-order valence-electron chi connectivity index (χ1n) is 8.99. The Labute approximate surface area is 168 Å². The van der Waals surface area contributed by atoms with Gasteiger partial charge in [0, 0.05) is 39.4 Å². The summed E-state index contributed by atoms with van der Waals surface area (Å²) in [7, 11) is 1.81. The first-order chi connectivity index (χ1) is 11.7. The highest BCUT2D eigenvalue weighted by Gasteiger charge is 2.17. The zero-order valence-corrected chi connectivity index (χ0v) is 18.0. The maximum absolute atomic E-state index is 5.60. The molecule has 0 spiro atoms. The summed E-state index contributed by atoms with van der Waals surface area (Å²) in [6.07, 6.45) is 5.78. The lowest BCUT2D eigenvalue weighted by atomic mass is 10.2. The molecular formula is C18H32IN5O. The molecule has 2 rings (SSSR count). The minimum Gasteiger partial charge on any atom is -0.375 e. The van der Waals surface area contributed by atoms with Crippen molar-refractivity contribution in [2.45, 2.75) is 45.8 Å². The molecule has 0 aromatic carbocycles. The number of aliphatic imine (C=N–C) groups is 1. The van der Waals surface area contributed by atoms with E-state index in [1.807, 2.05) is 19.3 Å².